The molecule has 0 radical (unpaired) electrons. The number of anilines is 1. The van der Waals surface area contributed by atoms with Crippen molar-refractivity contribution < 1.29 is 9.53 Å². The molecule has 0 aliphatic rings. The van der Waals surface area contributed by atoms with Gasteiger partial charge in [0.25, 0.3) is 0 Å². The number of nitrogens with one attached hydrogen (secondary N) is 1. The van der Waals surface area contributed by atoms with Crippen LogP contribution in [0.3, 0.4) is 0 Å². The summed E-state index contributed by atoms with van der Waals surface area (Å²) in [4.78, 5) is 12.2. The van der Waals surface area contributed by atoms with E-state index in [1.807, 2.05) is 50.2 Å². The van der Waals surface area contributed by atoms with Crippen molar-refractivity contribution in [2.45, 2.75) is 25.8 Å². The summed E-state index contributed by atoms with van der Waals surface area (Å²) in [5.74, 6) is 0.776. The molecule has 2 rings (SSSR count). The molecule has 0 saturated carbocycles. The summed E-state index contributed by atoms with van der Waals surface area (Å²) in [6.45, 7) is 3.96. The Labute approximate surface area is 131 Å². The lowest BCUT2D eigenvalue weighted by Crippen LogP contribution is -2.41. The second-order valence-electron chi connectivity index (χ2n) is 5.82. The van der Waals surface area contributed by atoms with Gasteiger partial charge in [0.15, 0.2) is 0 Å². The first-order chi connectivity index (χ1) is 10.4. The molecule has 2 aromatic rings. The van der Waals surface area contributed by atoms with Gasteiger partial charge in [-0.3, -0.25) is 4.79 Å². The highest BCUT2D eigenvalue weighted by molar-refractivity contribution is 5.79. The maximum absolute atomic E-state index is 12.2. The fourth-order valence-corrected chi connectivity index (χ4v) is 2.29. The van der Waals surface area contributed by atoms with Gasteiger partial charge in [-0.1, -0.05) is 24.3 Å². The third kappa shape index (κ3) is 4.01. The molecular weight excluding hydrogens is 276 g/mol. The topological polar surface area (TPSA) is 64.3 Å². The van der Waals surface area contributed by atoms with Crippen molar-refractivity contribution in [2.75, 3.05) is 12.8 Å². The van der Waals surface area contributed by atoms with Gasteiger partial charge in [0, 0.05) is 5.69 Å². The average Bonchev–Trinajstić information content (AvgIpc) is 2.49. The quantitative estimate of drug-likeness (QED) is 0.834. The molecule has 0 spiro atoms. The highest BCUT2D eigenvalue weighted by atomic mass is 16.5. The first-order valence-corrected chi connectivity index (χ1v) is 7.21. The molecule has 0 unspecified atom stereocenters. The van der Waals surface area contributed by atoms with E-state index in [2.05, 4.69) is 5.32 Å². The summed E-state index contributed by atoms with van der Waals surface area (Å²) >= 11 is 0. The lowest BCUT2D eigenvalue weighted by molar-refractivity contribution is -0.122. The molecule has 0 bridgehead atoms. The first-order valence-electron chi connectivity index (χ1n) is 7.21. The third-order valence-corrected chi connectivity index (χ3v) is 3.61. The number of methoxy groups -OCH3 is 1. The van der Waals surface area contributed by atoms with E-state index in [1.54, 1.807) is 19.2 Å². The van der Waals surface area contributed by atoms with E-state index in [4.69, 9.17) is 10.5 Å². The van der Waals surface area contributed by atoms with Crippen LogP contribution in [-0.4, -0.2) is 13.0 Å². The molecule has 0 aliphatic carbocycles. The Bertz CT molecular complexity index is 631. The Morgan fingerprint density at radius 1 is 1.09 bits per heavy atom. The molecular formula is C18H22N2O2. The number of nitrogen functional groups attached to an aromatic ring is 1. The van der Waals surface area contributed by atoms with Crippen LogP contribution in [0.4, 0.5) is 5.69 Å². The fourth-order valence-electron chi connectivity index (χ4n) is 2.29. The van der Waals surface area contributed by atoms with Crippen molar-refractivity contribution in [3.05, 3.63) is 59.7 Å². The summed E-state index contributed by atoms with van der Waals surface area (Å²) in [6, 6.07) is 15.1. The molecule has 116 valence electrons. The Balaban J connectivity index is 2.03. The molecule has 1 amide bonds. The molecule has 22 heavy (non-hydrogen) atoms. The van der Waals surface area contributed by atoms with E-state index in [-0.39, 0.29) is 5.91 Å². The number of carbonyl (C=O) groups excluding carboxylic acids is 1. The number of ether oxygens (including phenoxy) is 1. The molecule has 0 aromatic heterocycles. The van der Waals surface area contributed by atoms with Crippen LogP contribution in [0.25, 0.3) is 0 Å². The average molecular weight is 298 g/mol. The lowest BCUT2D eigenvalue weighted by Gasteiger charge is -2.27. The minimum atomic E-state index is -0.447. The van der Waals surface area contributed by atoms with Crippen LogP contribution >= 0.6 is 0 Å². The number of rotatable bonds is 5. The van der Waals surface area contributed by atoms with E-state index < -0.39 is 5.54 Å². The standard InChI is InChI=1S/C18H22N2O2/c1-18(2,14-6-10-16(22-3)11-7-14)20-17(21)12-13-4-8-15(19)9-5-13/h4-11H,12,19H2,1-3H3,(H,20,21). The van der Waals surface area contributed by atoms with Crippen LogP contribution in [0.5, 0.6) is 5.75 Å². The van der Waals surface area contributed by atoms with E-state index in [1.165, 1.54) is 0 Å². The second-order valence-corrected chi connectivity index (χ2v) is 5.82. The molecule has 4 heteroatoms. The van der Waals surface area contributed by atoms with E-state index >= 15 is 0 Å². The van der Waals surface area contributed by atoms with Gasteiger partial charge in [-0.25, -0.2) is 0 Å². The molecule has 0 aliphatic heterocycles. The molecule has 0 atom stereocenters. The Morgan fingerprint density at radius 2 is 1.68 bits per heavy atom. The summed E-state index contributed by atoms with van der Waals surface area (Å²) in [6.07, 6.45) is 0.333. The van der Waals surface area contributed by atoms with Crippen LogP contribution < -0.4 is 15.8 Å². The van der Waals surface area contributed by atoms with Gasteiger partial charge in [0.05, 0.1) is 19.1 Å². The number of hydrogen-bond acceptors (Lipinski definition) is 3. The molecule has 4 nitrogen and oxygen atoms in total. The number of nitrogens with two attached hydrogens (primary N) is 1. The Kier molecular flexibility index (Phi) is 4.71. The maximum atomic E-state index is 12.2. The highest BCUT2D eigenvalue weighted by Gasteiger charge is 2.22. The molecule has 0 saturated heterocycles. The Hall–Kier alpha value is -2.49. The number of carbonyl (C=O) groups is 1. The van der Waals surface area contributed by atoms with Gasteiger partial charge in [-0.05, 0) is 49.2 Å². The normalized spacial score (nSPS) is 11.0. The van der Waals surface area contributed by atoms with Gasteiger partial charge in [0.2, 0.25) is 5.91 Å². The summed E-state index contributed by atoms with van der Waals surface area (Å²) in [5.41, 5.74) is 7.87. The van der Waals surface area contributed by atoms with Gasteiger partial charge in [0.1, 0.15) is 5.75 Å². The largest absolute Gasteiger partial charge is 0.497 e. The second kappa shape index (κ2) is 6.52. The zero-order valence-electron chi connectivity index (χ0n) is 13.2. The van der Waals surface area contributed by atoms with E-state index in [0.717, 1.165) is 16.9 Å². The van der Waals surface area contributed by atoms with Crippen molar-refractivity contribution in [3.63, 3.8) is 0 Å². The van der Waals surface area contributed by atoms with Crippen LogP contribution in [0.1, 0.15) is 25.0 Å². The predicted octanol–water partition coefficient (Wildman–Crippen LogP) is 2.87. The van der Waals surface area contributed by atoms with Gasteiger partial charge < -0.3 is 15.8 Å². The molecule has 3 N–H and O–H groups in total. The predicted molar refractivity (Wildman–Crippen MR) is 88.7 cm³/mol. The number of amides is 1. The van der Waals surface area contributed by atoms with Gasteiger partial charge in [-0.15, -0.1) is 0 Å². The number of hydrogen-bond donors (Lipinski definition) is 2. The van der Waals surface area contributed by atoms with Crippen molar-refractivity contribution in [3.8, 4) is 5.75 Å². The SMILES string of the molecule is COc1ccc(C(C)(C)NC(=O)Cc2ccc(N)cc2)cc1. The minimum absolute atomic E-state index is 0.0226. The summed E-state index contributed by atoms with van der Waals surface area (Å²) < 4.78 is 5.15. The maximum Gasteiger partial charge on any atom is 0.225 e. The van der Waals surface area contributed by atoms with Crippen molar-refractivity contribution >= 4 is 11.6 Å². The van der Waals surface area contributed by atoms with Crippen molar-refractivity contribution in [2.24, 2.45) is 0 Å². The van der Waals surface area contributed by atoms with Crippen LogP contribution in [-0.2, 0) is 16.8 Å². The van der Waals surface area contributed by atoms with Gasteiger partial charge in [-0.2, -0.15) is 0 Å². The Morgan fingerprint density at radius 3 is 2.23 bits per heavy atom. The summed E-state index contributed by atoms with van der Waals surface area (Å²) in [7, 11) is 1.63. The van der Waals surface area contributed by atoms with Crippen molar-refractivity contribution in [1.82, 2.24) is 5.32 Å². The first kappa shape index (κ1) is 15.9. The van der Waals surface area contributed by atoms with Crippen LogP contribution in [0.2, 0.25) is 0 Å². The van der Waals surface area contributed by atoms with Crippen LogP contribution in [0, 0.1) is 0 Å². The smallest absolute Gasteiger partial charge is 0.225 e. The molecule has 2 aromatic carbocycles. The zero-order valence-corrected chi connectivity index (χ0v) is 13.2. The van der Waals surface area contributed by atoms with E-state index in [0.29, 0.717) is 12.1 Å². The zero-order chi connectivity index (χ0) is 16.2. The van der Waals surface area contributed by atoms with Crippen molar-refractivity contribution in [1.29, 1.82) is 0 Å². The lowest BCUT2D eigenvalue weighted by atomic mass is 9.93. The number of benzene rings is 2. The molecule has 0 fully saturated rings. The van der Waals surface area contributed by atoms with E-state index in [9.17, 15) is 4.79 Å². The monoisotopic (exact) mass is 298 g/mol. The van der Waals surface area contributed by atoms with Gasteiger partial charge >= 0.3 is 0 Å². The van der Waals surface area contributed by atoms with Crippen LogP contribution in [0.15, 0.2) is 48.5 Å². The summed E-state index contributed by atoms with van der Waals surface area (Å²) in [5, 5.41) is 3.06. The highest BCUT2D eigenvalue weighted by Crippen LogP contribution is 2.22. The minimum Gasteiger partial charge on any atom is -0.497 e. The third-order valence-electron chi connectivity index (χ3n) is 3.61. The molecule has 0 heterocycles. The fraction of sp³-hybridized carbons (Fsp3) is 0.278.